The van der Waals surface area contributed by atoms with Crippen LogP contribution in [0, 0.1) is 0 Å². The zero-order valence-electron chi connectivity index (χ0n) is 20.8. The van der Waals surface area contributed by atoms with Crippen LogP contribution < -0.4 is 0 Å². The molecule has 0 radical (unpaired) electrons. The Balaban J connectivity index is 0.00000529. The van der Waals surface area contributed by atoms with Crippen LogP contribution in [-0.2, 0) is 40.5 Å². The van der Waals surface area contributed by atoms with E-state index in [1.54, 1.807) is 0 Å². The molecule has 0 bridgehead atoms. The van der Waals surface area contributed by atoms with Crippen molar-refractivity contribution in [2.24, 2.45) is 20.5 Å². The Morgan fingerprint density at radius 2 is 1.02 bits per heavy atom. The van der Waals surface area contributed by atoms with Crippen LogP contribution in [0.5, 0.6) is 5.75 Å². The van der Waals surface area contributed by atoms with Crippen molar-refractivity contribution in [3.63, 3.8) is 0 Å². The topological polar surface area (TPSA) is 287 Å². The molecule has 0 saturated carbocycles. The summed E-state index contributed by atoms with van der Waals surface area (Å²) < 4.78 is 131. The molecule has 0 aliphatic rings. The number of nitrogens with zero attached hydrogens (tertiary/aromatic N) is 4. The van der Waals surface area contributed by atoms with Gasteiger partial charge in [0.25, 0.3) is 40.5 Å². The summed E-state index contributed by atoms with van der Waals surface area (Å²) in [6.07, 6.45) is 0. The molecular weight excluding hydrogens is 680 g/mol. The van der Waals surface area contributed by atoms with Gasteiger partial charge < -0.3 is 5.11 Å². The second-order valence-electron chi connectivity index (χ2n) is 8.40. The van der Waals surface area contributed by atoms with Gasteiger partial charge in [0, 0.05) is 5.39 Å². The molecule has 0 spiro atoms. The van der Waals surface area contributed by atoms with Crippen LogP contribution in [0.3, 0.4) is 0 Å². The van der Waals surface area contributed by atoms with E-state index in [1.807, 2.05) is 0 Å². The van der Waals surface area contributed by atoms with Gasteiger partial charge in [-0.05, 0) is 66.0 Å². The molecule has 228 valence electrons. The van der Waals surface area contributed by atoms with E-state index < -0.39 is 77.2 Å². The fourth-order valence-electron chi connectivity index (χ4n) is 3.55. The van der Waals surface area contributed by atoms with Crippen molar-refractivity contribution in [1.29, 1.82) is 0 Å². The van der Waals surface area contributed by atoms with E-state index >= 15 is 0 Å². The predicted octanol–water partition coefficient (Wildman–Crippen LogP) is 3.71. The number of azo groups is 2. The minimum atomic E-state index is -5.12. The van der Waals surface area contributed by atoms with Gasteiger partial charge >= 0.3 is 29.6 Å². The average Bonchev–Trinajstić information content (AvgIpc) is 2.89. The first-order valence-corrected chi connectivity index (χ1v) is 16.8. The average molecular weight is 697 g/mol. The van der Waals surface area contributed by atoms with Gasteiger partial charge in [-0.15, -0.1) is 10.2 Å². The van der Waals surface area contributed by atoms with Gasteiger partial charge in [0.05, 0.1) is 21.2 Å². The van der Waals surface area contributed by atoms with Crippen LogP contribution in [0.4, 0.5) is 22.7 Å². The number of aromatic hydroxyl groups is 1. The molecule has 0 amide bonds. The summed E-state index contributed by atoms with van der Waals surface area (Å²) >= 11 is 0. The zero-order valence-corrected chi connectivity index (χ0v) is 24.0. The number of benzene rings is 4. The second-order valence-corrected chi connectivity index (χ2v) is 14.0. The first kappa shape index (κ1) is 35.3. The summed E-state index contributed by atoms with van der Waals surface area (Å²) in [6, 6.07) is 10.9. The third kappa shape index (κ3) is 8.08. The van der Waals surface area contributed by atoms with Gasteiger partial charge in [0.15, 0.2) is 5.75 Å². The van der Waals surface area contributed by atoms with E-state index in [4.69, 9.17) is 4.55 Å². The molecule has 0 fully saturated rings. The normalized spacial score (nSPS) is 13.0. The fraction of sp³-hybridized carbons (Fsp3) is 0. The van der Waals surface area contributed by atoms with Gasteiger partial charge in [-0.2, -0.15) is 43.9 Å². The minimum absolute atomic E-state index is 0. The number of phenols is 1. The van der Waals surface area contributed by atoms with Crippen molar-refractivity contribution in [2.45, 2.75) is 19.6 Å². The van der Waals surface area contributed by atoms with Crippen molar-refractivity contribution in [3.8, 4) is 5.75 Å². The predicted molar refractivity (Wildman–Crippen MR) is 153 cm³/mol. The third-order valence-electron chi connectivity index (χ3n) is 5.49. The summed E-state index contributed by atoms with van der Waals surface area (Å²) in [5.41, 5.74) is -1.25. The quantitative estimate of drug-likeness (QED) is 0.0998. The summed E-state index contributed by atoms with van der Waals surface area (Å²) in [4.78, 5) is -3.05. The van der Waals surface area contributed by atoms with E-state index in [1.165, 1.54) is 18.2 Å². The summed E-state index contributed by atoms with van der Waals surface area (Å²) in [5.74, 6) is -1.14. The molecule has 4 aromatic rings. The molecule has 0 aromatic heterocycles. The maximum atomic E-state index is 12.1. The third-order valence-corrected chi connectivity index (χ3v) is 8.96. The van der Waals surface area contributed by atoms with Crippen LogP contribution in [0.15, 0.2) is 107 Å². The van der Waals surface area contributed by atoms with Crippen molar-refractivity contribution in [1.82, 2.24) is 0 Å². The molecule has 0 unspecified atom stereocenters. The Bertz CT molecular complexity index is 2290. The molecule has 0 aliphatic heterocycles. The van der Waals surface area contributed by atoms with Crippen LogP contribution in [0.1, 0.15) is 0 Å². The number of rotatable bonds is 8. The standard InChI is InChI=1S/C22H16N4O13S4.Na.H/c27-22-20(43(37,38)39)10-12-9-16(41(31,32)33)6-7-17(12)21(22)26-25-18-8-3-14(11-19(18)42(34,35)36)24-23-13-1-4-15(5-2-13)40(28,29)30;;/h1-11,27H,(H,28,29,30)(H,31,32,33)(H,34,35,36)(H,37,38,39);;. The van der Waals surface area contributed by atoms with Crippen LogP contribution in [0.25, 0.3) is 10.8 Å². The zero-order chi connectivity index (χ0) is 32.0. The molecule has 17 nitrogen and oxygen atoms in total. The Labute approximate surface area is 271 Å². The Morgan fingerprint density at radius 3 is 1.57 bits per heavy atom. The number of phenolic OH excluding ortho intramolecular Hbond substituents is 1. The van der Waals surface area contributed by atoms with Crippen molar-refractivity contribution in [2.75, 3.05) is 0 Å². The molecule has 0 atom stereocenters. The molecule has 0 heterocycles. The Kier molecular flexibility index (Phi) is 10.1. The fourth-order valence-corrected chi connectivity index (χ4v) is 5.80. The molecule has 44 heavy (non-hydrogen) atoms. The number of hydrogen-bond donors (Lipinski definition) is 5. The first-order valence-electron chi connectivity index (χ1n) is 11.0. The van der Waals surface area contributed by atoms with Crippen LogP contribution >= 0.6 is 0 Å². The van der Waals surface area contributed by atoms with Gasteiger partial charge in [0.2, 0.25) is 0 Å². The maximum absolute atomic E-state index is 12.1. The van der Waals surface area contributed by atoms with E-state index in [0.717, 1.165) is 42.5 Å². The summed E-state index contributed by atoms with van der Waals surface area (Å²) in [6.45, 7) is 0. The molecule has 4 rings (SSSR count). The van der Waals surface area contributed by atoms with Crippen molar-refractivity contribution < 1.29 is 57.0 Å². The number of hydrogen-bond acceptors (Lipinski definition) is 13. The molecule has 4 aromatic carbocycles. The molecule has 0 saturated heterocycles. The second kappa shape index (κ2) is 12.6. The van der Waals surface area contributed by atoms with E-state index in [9.17, 15) is 52.4 Å². The first-order chi connectivity index (χ1) is 19.7. The van der Waals surface area contributed by atoms with Crippen LogP contribution in [0.2, 0.25) is 0 Å². The van der Waals surface area contributed by atoms with Gasteiger partial charge in [0.1, 0.15) is 21.2 Å². The van der Waals surface area contributed by atoms with Crippen molar-refractivity contribution in [3.05, 3.63) is 66.7 Å². The summed E-state index contributed by atoms with van der Waals surface area (Å²) in [7, 11) is -19.3. The van der Waals surface area contributed by atoms with E-state index in [0.29, 0.717) is 6.07 Å². The molecule has 5 N–H and O–H groups in total. The van der Waals surface area contributed by atoms with Crippen molar-refractivity contribution >= 4 is 104 Å². The Morgan fingerprint density at radius 1 is 0.500 bits per heavy atom. The molecule has 0 aliphatic carbocycles. The summed E-state index contributed by atoms with van der Waals surface area (Å²) in [5, 5.41) is 25.1. The van der Waals surface area contributed by atoms with E-state index in [2.05, 4.69) is 20.5 Å². The van der Waals surface area contributed by atoms with Gasteiger partial charge in [-0.1, -0.05) is 6.07 Å². The van der Waals surface area contributed by atoms with Gasteiger partial charge in [-0.3, -0.25) is 18.2 Å². The van der Waals surface area contributed by atoms with Crippen LogP contribution in [-0.4, -0.2) is 86.5 Å². The number of fused-ring (bicyclic) bond motifs is 1. The van der Waals surface area contributed by atoms with Gasteiger partial charge in [-0.25, -0.2) is 0 Å². The molecule has 22 heteroatoms. The SMILES string of the molecule is O=S(=O)(O)c1ccc(N=Nc2ccc(N=Nc3c(O)c(S(=O)(=O)O)cc4cc(S(=O)(=O)O)ccc34)c(S(=O)(=O)O)c2)cc1.[NaH]. The van der Waals surface area contributed by atoms with E-state index in [-0.39, 0.29) is 51.7 Å². The molecular formula is C22H17N4NaO13S4. The Hall–Kier alpha value is -3.22. The monoisotopic (exact) mass is 696 g/mol.